The monoisotopic (exact) mass is 472 g/mol. The predicted molar refractivity (Wildman–Crippen MR) is 126 cm³/mol. The molecule has 4 atom stereocenters. The second-order valence-corrected chi connectivity index (χ2v) is 13.5. The number of hydrogen-bond acceptors (Lipinski definition) is 7. The Morgan fingerprint density at radius 1 is 0.879 bits per heavy atom. The summed E-state index contributed by atoms with van der Waals surface area (Å²) in [5, 5.41) is 12.3. The van der Waals surface area contributed by atoms with Crippen molar-refractivity contribution in [2.75, 3.05) is 6.61 Å². The normalized spacial score (nSPS) is 23.2. The van der Waals surface area contributed by atoms with Crippen LogP contribution in [0.15, 0.2) is 60.7 Å². The van der Waals surface area contributed by atoms with E-state index in [4.69, 9.17) is 18.6 Å². The van der Waals surface area contributed by atoms with Gasteiger partial charge in [0.2, 0.25) is 0 Å². The molecule has 178 valence electrons. The van der Waals surface area contributed by atoms with E-state index in [0.717, 1.165) is 10.4 Å². The second-order valence-electron chi connectivity index (χ2n) is 9.19. The summed E-state index contributed by atoms with van der Waals surface area (Å²) in [6.45, 7) is 8.97. The standard InChI is InChI=1S/C25H32O7Si/c1-17(26)30-22-21(32-24(28)23(22)31-18(2)27)16-29-33(25(3,4)5,19-12-8-6-9-13-19)20-14-10-7-11-15-20/h6-15,21-24,28H,16H2,1-5H3/t21-,22+,23-,24?/m1/s1. The van der Waals surface area contributed by atoms with Crippen molar-refractivity contribution in [3.63, 3.8) is 0 Å². The maximum Gasteiger partial charge on any atom is 0.303 e. The lowest BCUT2D eigenvalue weighted by atomic mass is 10.1. The summed E-state index contributed by atoms with van der Waals surface area (Å²) in [5.74, 6) is -1.17. The highest BCUT2D eigenvalue weighted by molar-refractivity contribution is 6.99. The second kappa shape index (κ2) is 10.2. The average Bonchev–Trinajstić information content (AvgIpc) is 3.02. The molecule has 1 heterocycles. The van der Waals surface area contributed by atoms with E-state index >= 15 is 0 Å². The van der Waals surface area contributed by atoms with Crippen molar-refractivity contribution in [1.82, 2.24) is 0 Å². The third kappa shape index (κ3) is 5.35. The fraction of sp³-hybridized carbons (Fsp3) is 0.440. The number of ether oxygens (including phenoxy) is 3. The molecule has 7 nitrogen and oxygen atoms in total. The maximum atomic E-state index is 11.8. The minimum absolute atomic E-state index is 0.0417. The van der Waals surface area contributed by atoms with E-state index in [1.165, 1.54) is 13.8 Å². The minimum Gasteiger partial charge on any atom is -0.455 e. The Kier molecular flexibility index (Phi) is 7.74. The van der Waals surface area contributed by atoms with Crippen LogP contribution in [-0.2, 0) is 28.2 Å². The summed E-state index contributed by atoms with van der Waals surface area (Å²) in [5.41, 5.74) is 0. The zero-order valence-electron chi connectivity index (χ0n) is 19.7. The maximum absolute atomic E-state index is 11.8. The fourth-order valence-corrected chi connectivity index (χ4v) is 9.03. The van der Waals surface area contributed by atoms with Gasteiger partial charge in [0.15, 0.2) is 18.5 Å². The van der Waals surface area contributed by atoms with Crippen LogP contribution in [0, 0.1) is 0 Å². The first-order chi connectivity index (χ1) is 15.6. The van der Waals surface area contributed by atoms with Crippen LogP contribution in [0.2, 0.25) is 5.04 Å². The zero-order valence-corrected chi connectivity index (χ0v) is 20.7. The Balaban J connectivity index is 2.00. The van der Waals surface area contributed by atoms with E-state index in [-0.39, 0.29) is 11.6 Å². The number of aliphatic hydroxyl groups excluding tert-OH is 1. The van der Waals surface area contributed by atoms with Gasteiger partial charge in [-0.2, -0.15) is 0 Å². The number of rotatable bonds is 7. The molecule has 0 bridgehead atoms. The van der Waals surface area contributed by atoms with E-state index in [1.807, 2.05) is 36.4 Å². The van der Waals surface area contributed by atoms with Crippen molar-refractivity contribution in [1.29, 1.82) is 0 Å². The van der Waals surface area contributed by atoms with Crippen molar-refractivity contribution in [3.8, 4) is 0 Å². The Morgan fingerprint density at radius 3 is 1.76 bits per heavy atom. The highest BCUT2D eigenvalue weighted by atomic mass is 28.4. The Labute approximate surface area is 195 Å². The summed E-state index contributed by atoms with van der Waals surface area (Å²) >= 11 is 0. The molecule has 0 saturated carbocycles. The summed E-state index contributed by atoms with van der Waals surface area (Å²) in [6.07, 6.45) is -4.35. The molecular weight excluding hydrogens is 440 g/mol. The van der Waals surface area contributed by atoms with Gasteiger partial charge in [-0.05, 0) is 15.4 Å². The molecule has 1 N–H and O–H groups in total. The largest absolute Gasteiger partial charge is 0.455 e. The van der Waals surface area contributed by atoms with Crippen molar-refractivity contribution in [2.24, 2.45) is 0 Å². The third-order valence-corrected chi connectivity index (χ3v) is 10.8. The molecule has 1 fully saturated rings. The highest BCUT2D eigenvalue weighted by Crippen LogP contribution is 2.37. The molecule has 0 aliphatic carbocycles. The van der Waals surface area contributed by atoms with Crippen LogP contribution in [0.4, 0.5) is 0 Å². The van der Waals surface area contributed by atoms with Gasteiger partial charge in [0.05, 0.1) is 6.61 Å². The van der Waals surface area contributed by atoms with Gasteiger partial charge in [-0.3, -0.25) is 9.59 Å². The zero-order chi connectivity index (χ0) is 24.2. The SMILES string of the molecule is CC(=O)O[C@H]1[C@@H](CO[Si](c2ccccc2)(c2ccccc2)C(C)(C)C)OC(O)[C@@H]1OC(C)=O. The third-order valence-electron chi connectivity index (χ3n) is 5.77. The molecular formula is C25H32O7Si. The van der Waals surface area contributed by atoms with Gasteiger partial charge in [-0.1, -0.05) is 81.4 Å². The molecule has 0 radical (unpaired) electrons. The van der Waals surface area contributed by atoms with Crippen LogP contribution in [-0.4, -0.2) is 56.6 Å². The number of hydrogen-bond donors (Lipinski definition) is 1. The number of esters is 2. The molecule has 1 aliphatic rings. The summed E-state index contributed by atoms with van der Waals surface area (Å²) in [7, 11) is -2.87. The Morgan fingerprint density at radius 2 is 1.33 bits per heavy atom. The van der Waals surface area contributed by atoms with Crippen molar-refractivity contribution in [2.45, 2.75) is 64.3 Å². The van der Waals surface area contributed by atoms with E-state index in [1.54, 1.807) is 0 Å². The van der Waals surface area contributed by atoms with Crippen LogP contribution in [0.3, 0.4) is 0 Å². The molecule has 8 heteroatoms. The molecule has 33 heavy (non-hydrogen) atoms. The van der Waals surface area contributed by atoms with Gasteiger partial charge in [0.25, 0.3) is 8.32 Å². The van der Waals surface area contributed by atoms with Crippen LogP contribution >= 0.6 is 0 Å². The van der Waals surface area contributed by atoms with Gasteiger partial charge >= 0.3 is 11.9 Å². The average molecular weight is 473 g/mol. The molecule has 3 rings (SSSR count). The topological polar surface area (TPSA) is 91.3 Å². The van der Waals surface area contributed by atoms with Crippen LogP contribution in [0.5, 0.6) is 0 Å². The number of benzene rings is 2. The molecule has 0 spiro atoms. The molecule has 2 aromatic rings. The van der Waals surface area contributed by atoms with E-state index in [9.17, 15) is 14.7 Å². The fourth-order valence-electron chi connectivity index (χ4n) is 4.46. The van der Waals surface area contributed by atoms with E-state index in [0.29, 0.717) is 0 Å². The summed E-state index contributed by atoms with van der Waals surface area (Å²) in [4.78, 5) is 23.3. The van der Waals surface area contributed by atoms with Crippen LogP contribution in [0.1, 0.15) is 34.6 Å². The first-order valence-electron chi connectivity index (χ1n) is 11.0. The number of carbonyl (C=O) groups excluding carboxylic acids is 2. The van der Waals surface area contributed by atoms with Crippen molar-refractivity contribution >= 4 is 30.6 Å². The van der Waals surface area contributed by atoms with E-state index in [2.05, 4.69) is 45.0 Å². The van der Waals surface area contributed by atoms with Crippen LogP contribution < -0.4 is 10.4 Å². The highest BCUT2D eigenvalue weighted by Gasteiger charge is 2.53. The Bertz CT molecular complexity index is 903. The molecule has 1 unspecified atom stereocenters. The predicted octanol–water partition coefficient (Wildman–Crippen LogP) is 2.14. The molecule has 0 amide bonds. The van der Waals surface area contributed by atoms with Gasteiger partial charge in [0.1, 0.15) is 6.10 Å². The van der Waals surface area contributed by atoms with Gasteiger partial charge in [0, 0.05) is 13.8 Å². The van der Waals surface area contributed by atoms with Gasteiger partial charge < -0.3 is 23.7 Å². The van der Waals surface area contributed by atoms with Gasteiger partial charge in [-0.15, -0.1) is 0 Å². The Hall–Kier alpha value is -2.52. The number of aliphatic hydroxyl groups is 1. The van der Waals surface area contributed by atoms with E-state index < -0.39 is 44.9 Å². The first kappa shape index (κ1) is 25.1. The lowest BCUT2D eigenvalue weighted by Crippen LogP contribution is -2.67. The van der Waals surface area contributed by atoms with Crippen molar-refractivity contribution < 1.29 is 33.3 Å². The minimum atomic E-state index is -2.87. The molecule has 1 saturated heterocycles. The molecule has 2 aromatic carbocycles. The quantitative estimate of drug-likeness (QED) is 0.488. The molecule has 0 aromatic heterocycles. The smallest absolute Gasteiger partial charge is 0.303 e. The lowest BCUT2D eigenvalue weighted by Gasteiger charge is -2.43. The first-order valence-corrected chi connectivity index (χ1v) is 12.9. The number of carbonyl (C=O) groups is 2. The summed E-state index contributed by atoms with van der Waals surface area (Å²) in [6, 6.07) is 20.2. The molecule has 1 aliphatic heterocycles. The summed E-state index contributed by atoms with van der Waals surface area (Å²) < 4.78 is 23.1. The van der Waals surface area contributed by atoms with Crippen LogP contribution in [0.25, 0.3) is 0 Å². The van der Waals surface area contributed by atoms with Gasteiger partial charge in [-0.25, -0.2) is 0 Å². The lowest BCUT2D eigenvalue weighted by molar-refractivity contribution is -0.174. The van der Waals surface area contributed by atoms with Crippen molar-refractivity contribution in [3.05, 3.63) is 60.7 Å².